The minimum absolute atomic E-state index is 0.0956. The zero-order valence-electron chi connectivity index (χ0n) is 22.2. The van der Waals surface area contributed by atoms with Gasteiger partial charge in [0.05, 0.1) is 24.4 Å². The van der Waals surface area contributed by atoms with E-state index in [4.69, 9.17) is 21.1 Å². The van der Waals surface area contributed by atoms with Crippen molar-refractivity contribution in [3.05, 3.63) is 45.8 Å². The Labute approximate surface area is 221 Å². The maximum absolute atomic E-state index is 13.0. The highest BCUT2D eigenvalue weighted by atomic mass is 35.5. The number of fused-ring (bicyclic) bond motifs is 1. The van der Waals surface area contributed by atoms with Crippen molar-refractivity contribution in [2.24, 2.45) is 0 Å². The van der Waals surface area contributed by atoms with Gasteiger partial charge in [-0.3, -0.25) is 9.59 Å². The van der Waals surface area contributed by atoms with E-state index in [0.29, 0.717) is 36.5 Å². The Morgan fingerprint density at radius 1 is 1.30 bits per heavy atom. The average Bonchev–Trinajstić information content (AvgIpc) is 2.89. The lowest BCUT2D eigenvalue weighted by Gasteiger charge is -2.31. The number of amides is 1. The molecule has 1 saturated heterocycles. The molecule has 1 aliphatic heterocycles. The van der Waals surface area contributed by atoms with E-state index in [0.717, 1.165) is 16.6 Å². The molecule has 0 radical (unpaired) electrons. The molecule has 3 heterocycles. The van der Waals surface area contributed by atoms with Gasteiger partial charge in [-0.1, -0.05) is 25.4 Å². The number of nitrogens with zero attached hydrogens (tertiary/aromatic N) is 4. The summed E-state index contributed by atoms with van der Waals surface area (Å²) < 4.78 is 12.8. The summed E-state index contributed by atoms with van der Waals surface area (Å²) in [6.07, 6.45) is 1.67. The molecule has 1 fully saturated rings. The number of hydrogen-bond donors (Lipinski definition) is 2. The van der Waals surface area contributed by atoms with Crippen molar-refractivity contribution < 1.29 is 14.3 Å². The lowest BCUT2D eigenvalue weighted by atomic mass is 10.1. The summed E-state index contributed by atoms with van der Waals surface area (Å²) >= 11 is 6.40. The van der Waals surface area contributed by atoms with Gasteiger partial charge in [-0.15, -0.1) is 0 Å². The van der Waals surface area contributed by atoms with E-state index in [1.165, 1.54) is 7.05 Å². The van der Waals surface area contributed by atoms with Crippen molar-refractivity contribution in [3.63, 3.8) is 0 Å². The molecule has 1 atom stereocenters. The number of nitrogens with one attached hydrogen (secondary N) is 2. The van der Waals surface area contributed by atoms with Crippen LogP contribution in [0.3, 0.4) is 0 Å². The predicted molar refractivity (Wildman–Crippen MR) is 147 cm³/mol. The second kappa shape index (κ2) is 12.7. The van der Waals surface area contributed by atoms with Crippen LogP contribution in [0.2, 0.25) is 5.02 Å². The minimum Gasteiger partial charge on any atom is -0.478 e. The standard InChI is InChI=1S/C24H29ClN6O4.C2H6/c1-14(2)31-19-6-5-17(9-16(19)10-20(23(31)33)35-13-21(32)26-4)28-22-18(25)11-27-24(29-22)30-7-8-34-15(3)12-30;1-2/h5-6,9-11,14-15H,7-8,12-13H2,1-4H3,(H,26,32)(H,27,28,29);1-2H3. The summed E-state index contributed by atoms with van der Waals surface area (Å²) in [7, 11) is 1.51. The second-order valence-corrected chi connectivity index (χ2v) is 9.04. The van der Waals surface area contributed by atoms with Crippen LogP contribution in [0.1, 0.15) is 40.7 Å². The molecule has 0 aliphatic carbocycles. The van der Waals surface area contributed by atoms with Gasteiger partial charge in [0, 0.05) is 37.3 Å². The average molecular weight is 531 g/mol. The van der Waals surface area contributed by atoms with Crippen molar-refractivity contribution in [2.75, 3.05) is 43.6 Å². The molecule has 0 spiro atoms. The number of benzene rings is 1. The summed E-state index contributed by atoms with van der Waals surface area (Å²) in [6, 6.07) is 7.14. The fourth-order valence-electron chi connectivity index (χ4n) is 3.96. The lowest BCUT2D eigenvalue weighted by Crippen LogP contribution is -2.42. The van der Waals surface area contributed by atoms with Gasteiger partial charge in [-0.05, 0) is 45.0 Å². The number of hydrogen-bond acceptors (Lipinski definition) is 8. The smallest absolute Gasteiger partial charge is 0.293 e. The summed E-state index contributed by atoms with van der Waals surface area (Å²) in [5, 5.41) is 6.90. The van der Waals surface area contributed by atoms with Gasteiger partial charge in [0.15, 0.2) is 18.2 Å². The van der Waals surface area contributed by atoms with E-state index in [2.05, 4.69) is 25.5 Å². The maximum Gasteiger partial charge on any atom is 0.293 e. The number of carbonyl (C=O) groups excluding carboxylic acids is 1. The molecule has 1 amide bonds. The van der Waals surface area contributed by atoms with Crippen molar-refractivity contribution in [3.8, 4) is 5.75 Å². The Hall–Kier alpha value is -3.37. The molecule has 11 heteroatoms. The molecule has 2 N–H and O–H groups in total. The van der Waals surface area contributed by atoms with Gasteiger partial charge >= 0.3 is 0 Å². The first-order chi connectivity index (χ1) is 17.8. The monoisotopic (exact) mass is 530 g/mol. The number of anilines is 3. The third kappa shape index (κ3) is 6.69. The molecule has 1 aromatic carbocycles. The van der Waals surface area contributed by atoms with Crippen LogP contribution in [-0.2, 0) is 9.53 Å². The first kappa shape index (κ1) is 28.2. The number of halogens is 1. The first-order valence-corrected chi connectivity index (χ1v) is 12.8. The topological polar surface area (TPSA) is 111 Å². The molecule has 4 rings (SSSR count). The van der Waals surface area contributed by atoms with Gasteiger partial charge in [-0.25, -0.2) is 4.98 Å². The van der Waals surface area contributed by atoms with Gasteiger partial charge in [0.1, 0.15) is 5.02 Å². The molecule has 3 aromatic rings. The third-order valence-electron chi connectivity index (χ3n) is 5.68. The van der Waals surface area contributed by atoms with Gasteiger partial charge in [-0.2, -0.15) is 4.98 Å². The molecular formula is C26H35ClN6O4. The lowest BCUT2D eigenvalue weighted by molar-refractivity contribution is -0.122. The first-order valence-electron chi connectivity index (χ1n) is 12.5. The number of ether oxygens (including phenoxy) is 2. The Morgan fingerprint density at radius 3 is 2.73 bits per heavy atom. The minimum atomic E-state index is -0.320. The third-order valence-corrected chi connectivity index (χ3v) is 5.95. The number of carbonyl (C=O) groups is 1. The van der Waals surface area contributed by atoms with Crippen LogP contribution in [0.4, 0.5) is 17.5 Å². The largest absolute Gasteiger partial charge is 0.478 e. The molecule has 1 aliphatic rings. The highest BCUT2D eigenvalue weighted by molar-refractivity contribution is 6.32. The number of pyridine rings is 1. The predicted octanol–water partition coefficient (Wildman–Crippen LogP) is 4.15. The van der Waals surface area contributed by atoms with E-state index < -0.39 is 0 Å². The van der Waals surface area contributed by atoms with E-state index in [9.17, 15) is 9.59 Å². The van der Waals surface area contributed by atoms with E-state index in [-0.39, 0.29) is 36.0 Å². The maximum atomic E-state index is 13.0. The summed E-state index contributed by atoms with van der Waals surface area (Å²) in [6.45, 7) is 11.6. The van der Waals surface area contributed by atoms with E-state index >= 15 is 0 Å². The Morgan fingerprint density at radius 2 is 2.05 bits per heavy atom. The normalized spacial score (nSPS) is 15.2. The van der Waals surface area contributed by atoms with Crippen molar-refractivity contribution in [1.29, 1.82) is 0 Å². The molecule has 0 bridgehead atoms. The number of likely N-dealkylation sites (N-methyl/N-ethyl adjacent to an activating group) is 1. The SMILES string of the molecule is CC.CNC(=O)COc1cc2cc(Nc3nc(N4CCOC(C)C4)ncc3Cl)ccc2n(C(C)C)c1=O. The molecule has 200 valence electrons. The molecule has 2 aromatic heterocycles. The second-order valence-electron chi connectivity index (χ2n) is 8.63. The molecule has 1 unspecified atom stereocenters. The molecule has 0 saturated carbocycles. The van der Waals surface area contributed by atoms with Crippen molar-refractivity contribution in [2.45, 2.75) is 46.8 Å². The molecule has 37 heavy (non-hydrogen) atoms. The number of aromatic nitrogens is 3. The van der Waals surface area contributed by atoms with Crippen LogP contribution in [0.5, 0.6) is 5.75 Å². The summed E-state index contributed by atoms with van der Waals surface area (Å²) in [5.74, 6) is 0.838. The number of rotatable bonds is 7. The van der Waals surface area contributed by atoms with Crippen LogP contribution < -0.4 is 25.8 Å². The van der Waals surface area contributed by atoms with E-state index in [1.54, 1.807) is 16.8 Å². The van der Waals surface area contributed by atoms with Crippen molar-refractivity contribution in [1.82, 2.24) is 19.9 Å². The fourth-order valence-corrected chi connectivity index (χ4v) is 4.10. The van der Waals surface area contributed by atoms with Crippen LogP contribution in [0.25, 0.3) is 10.9 Å². The van der Waals surface area contributed by atoms with Crippen LogP contribution in [0.15, 0.2) is 35.3 Å². The fraction of sp³-hybridized carbons (Fsp3) is 0.462. The zero-order valence-corrected chi connectivity index (χ0v) is 22.9. The zero-order chi connectivity index (χ0) is 27.1. The van der Waals surface area contributed by atoms with Crippen molar-refractivity contribution >= 4 is 45.9 Å². The van der Waals surface area contributed by atoms with E-state index in [1.807, 2.05) is 52.8 Å². The molecular weight excluding hydrogens is 496 g/mol. The van der Waals surface area contributed by atoms with Crippen LogP contribution in [-0.4, -0.2) is 59.9 Å². The van der Waals surface area contributed by atoms with Gasteiger partial charge in [0.2, 0.25) is 5.95 Å². The number of morpholine rings is 1. The molecule has 10 nitrogen and oxygen atoms in total. The highest BCUT2D eigenvalue weighted by Crippen LogP contribution is 2.29. The summed E-state index contributed by atoms with van der Waals surface area (Å²) in [4.78, 5) is 35.7. The Balaban J connectivity index is 0.00000186. The quantitative estimate of drug-likeness (QED) is 0.469. The van der Waals surface area contributed by atoms with Crippen LogP contribution in [0, 0.1) is 0 Å². The summed E-state index contributed by atoms with van der Waals surface area (Å²) in [5.41, 5.74) is 1.19. The van der Waals surface area contributed by atoms with Gasteiger partial charge < -0.3 is 29.6 Å². The Bertz CT molecular complexity index is 1300. The highest BCUT2D eigenvalue weighted by Gasteiger charge is 2.20. The van der Waals surface area contributed by atoms with Crippen LogP contribution >= 0.6 is 11.6 Å². The van der Waals surface area contributed by atoms with Gasteiger partial charge in [0.25, 0.3) is 11.5 Å². The Kier molecular flexibility index (Phi) is 9.71.